The summed E-state index contributed by atoms with van der Waals surface area (Å²) in [6.45, 7) is 4.11. The van der Waals surface area contributed by atoms with Crippen LogP contribution in [0, 0.1) is 5.41 Å². The first-order valence-corrected chi connectivity index (χ1v) is 8.26. The van der Waals surface area contributed by atoms with Crippen molar-refractivity contribution in [3.05, 3.63) is 35.4 Å². The lowest BCUT2D eigenvalue weighted by Crippen LogP contribution is -2.33. The molecule has 4 nitrogen and oxygen atoms in total. The van der Waals surface area contributed by atoms with Gasteiger partial charge < -0.3 is 4.89 Å². The average Bonchev–Trinajstić information content (AvgIpc) is 2.33. The maximum absolute atomic E-state index is 11.5. The highest BCUT2D eigenvalue weighted by molar-refractivity contribution is 9.08. The van der Waals surface area contributed by atoms with Crippen molar-refractivity contribution in [3.63, 3.8) is 0 Å². The van der Waals surface area contributed by atoms with E-state index in [1.54, 1.807) is 0 Å². The Morgan fingerprint density at radius 3 is 2.61 bits per heavy atom. The van der Waals surface area contributed by atoms with Gasteiger partial charge in [0.1, 0.15) is 6.10 Å². The summed E-state index contributed by atoms with van der Waals surface area (Å²) < 4.78 is 21.6. The maximum Gasteiger partial charge on any atom is 0.472 e. The predicted octanol–water partition coefficient (Wildman–Crippen LogP) is 3.80. The van der Waals surface area contributed by atoms with E-state index in [-0.39, 0.29) is 12.0 Å². The highest BCUT2D eigenvalue weighted by atomic mass is 79.9. The number of hydrogen-bond donors (Lipinski definition) is 1. The van der Waals surface area contributed by atoms with Crippen LogP contribution in [0.1, 0.15) is 31.1 Å². The van der Waals surface area contributed by atoms with Gasteiger partial charge in [0, 0.05) is 10.7 Å². The van der Waals surface area contributed by atoms with Gasteiger partial charge in [0.15, 0.2) is 0 Å². The number of halogens is 1. The molecule has 18 heavy (non-hydrogen) atoms. The Hall–Kier alpha value is -0.190. The van der Waals surface area contributed by atoms with Crippen LogP contribution >= 0.6 is 23.8 Å². The zero-order valence-electron chi connectivity index (χ0n) is 10.3. The van der Waals surface area contributed by atoms with Crippen LogP contribution in [0.3, 0.4) is 0 Å². The summed E-state index contributed by atoms with van der Waals surface area (Å²) in [4.78, 5) is 9.44. The molecule has 1 saturated heterocycles. The fourth-order valence-electron chi connectivity index (χ4n) is 1.92. The number of benzene rings is 1. The van der Waals surface area contributed by atoms with Crippen molar-refractivity contribution in [3.8, 4) is 0 Å². The lowest BCUT2D eigenvalue weighted by molar-refractivity contribution is -0.0472. The summed E-state index contributed by atoms with van der Waals surface area (Å²) in [6.07, 6.45) is -0.438. The SMILES string of the molecule is CC1(C)COP(=O)(O)OC1c1ccc(CBr)cc1. The highest BCUT2D eigenvalue weighted by Gasteiger charge is 2.44. The Labute approximate surface area is 115 Å². The lowest BCUT2D eigenvalue weighted by atomic mass is 9.83. The van der Waals surface area contributed by atoms with E-state index in [1.165, 1.54) is 0 Å². The molecule has 0 aliphatic carbocycles. The fraction of sp³-hybridized carbons (Fsp3) is 0.500. The smallest absolute Gasteiger partial charge is 0.302 e. The molecule has 0 radical (unpaired) electrons. The summed E-state index contributed by atoms with van der Waals surface area (Å²) in [5, 5.41) is 0.782. The second kappa shape index (κ2) is 5.06. The normalized spacial score (nSPS) is 31.2. The van der Waals surface area contributed by atoms with Crippen LogP contribution in [-0.4, -0.2) is 11.5 Å². The van der Waals surface area contributed by atoms with E-state index in [2.05, 4.69) is 15.9 Å². The minimum atomic E-state index is -3.92. The first-order chi connectivity index (χ1) is 8.34. The van der Waals surface area contributed by atoms with Crippen LogP contribution in [0.2, 0.25) is 0 Å². The molecule has 1 aliphatic heterocycles. The Kier molecular flexibility index (Phi) is 4.00. The number of hydrogen-bond acceptors (Lipinski definition) is 3. The molecular formula is C12H16BrO4P. The average molecular weight is 335 g/mol. The third kappa shape index (κ3) is 3.03. The Morgan fingerprint density at radius 2 is 2.06 bits per heavy atom. The van der Waals surface area contributed by atoms with Gasteiger partial charge in [0.05, 0.1) is 6.61 Å². The monoisotopic (exact) mass is 334 g/mol. The third-order valence-electron chi connectivity index (χ3n) is 2.98. The quantitative estimate of drug-likeness (QED) is 0.660. The Bertz CT molecular complexity index is 471. The second-order valence-electron chi connectivity index (χ2n) is 5.09. The van der Waals surface area contributed by atoms with Gasteiger partial charge in [-0.25, -0.2) is 4.57 Å². The molecule has 0 saturated carbocycles. The molecule has 2 unspecified atom stereocenters. The van der Waals surface area contributed by atoms with Gasteiger partial charge in [0.25, 0.3) is 0 Å². The van der Waals surface area contributed by atoms with Gasteiger partial charge in [-0.2, -0.15) is 0 Å². The first kappa shape index (κ1) is 14.2. The van der Waals surface area contributed by atoms with E-state index in [4.69, 9.17) is 9.05 Å². The number of alkyl halides is 1. The van der Waals surface area contributed by atoms with Crippen molar-refractivity contribution < 1.29 is 18.5 Å². The van der Waals surface area contributed by atoms with Gasteiger partial charge in [-0.05, 0) is 11.1 Å². The molecule has 0 aromatic heterocycles. The number of rotatable bonds is 2. The fourth-order valence-corrected chi connectivity index (χ4v) is 3.53. The largest absolute Gasteiger partial charge is 0.472 e. The van der Waals surface area contributed by atoms with E-state index in [0.717, 1.165) is 16.5 Å². The second-order valence-corrected chi connectivity index (χ2v) is 7.06. The molecule has 0 bridgehead atoms. The number of phosphoric acid groups is 1. The minimum absolute atomic E-state index is 0.200. The van der Waals surface area contributed by atoms with Crippen LogP contribution in [0.4, 0.5) is 0 Å². The summed E-state index contributed by atoms with van der Waals surface area (Å²) in [5.74, 6) is 0. The van der Waals surface area contributed by atoms with Crippen molar-refractivity contribution in [1.82, 2.24) is 0 Å². The van der Waals surface area contributed by atoms with Crippen molar-refractivity contribution >= 4 is 23.8 Å². The van der Waals surface area contributed by atoms with E-state index in [0.29, 0.717) is 0 Å². The minimum Gasteiger partial charge on any atom is -0.302 e. The maximum atomic E-state index is 11.5. The molecule has 1 aromatic rings. The van der Waals surface area contributed by atoms with E-state index in [9.17, 15) is 9.46 Å². The molecule has 1 aromatic carbocycles. The number of phosphoric ester groups is 1. The molecule has 1 aliphatic rings. The summed E-state index contributed by atoms with van der Waals surface area (Å²) >= 11 is 3.38. The first-order valence-electron chi connectivity index (χ1n) is 5.65. The van der Waals surface area contributed by atoms with E-state index >= 15 is 0 Å². The standard InChI is InChI=1S/C12H16BrO4P/c1-12(2)8-16-18(14,15)17-11(12)10-5-3-9(7-13)4-6-10/h3-6,11H,7-8H2,1-2H3,(H,14,15). The van der Waals surface area contributed by atoms with Gasteiger partial charge >= 0.3 is 7.82 Å². The molecule has 0 amide bonds. The molecule has 1 N–H and O–H groups in total. The zero-order valence-corrected chi connectivity index (χ0v) is 12.8. The van der Waals surface area contributed by atoms with Gasteiger partial charge in [0.2, 0.25) is 0 Å². The van der Waals surface area contributed by atoms with E-state index in [1.807, 2.05) is 38.1 Å². The molecule has 2 atom stereocenters. The van der Waals surface area contributed by atoms with Crippen LogP contribution in [0.5, 0.6) is 0 Å². The van der Waals surface area contributed by atoms with Crippen LogP contribution in [-0.2, 0) is 18.9 Å². The van der Waals surface area contributed by atoms with E-state index < -0.39 is 13.9 Å². The molecule has 1 heterocycles. The van der Waals surface area contributed by atoms with Gasteiger partial charge in [-0.1, -0.05) is 54.0 Å². The topological polar surface area (TPSA) is 55.8 Å². The molecule has 100 valence electrons. The molecule has 1 fully saturated rings. The Balaban J connectivity index is 2.30. The molecule has 2 rings (SSSR count). The van der Waals surface area contributed by atoms with Crippen molar-refractivity contribution in [2.24, 2.45) is 5.41 Å². The van der Waals surface area contributed by atoms with Gasteiger partial charge in [-0.3, -0.25) is 9.05 Å². The summed E-state index contributed by atoms with van der Waals surface area (Å²) in [5.41, 5.74) is 1.70. The molecule has 0 spiro atoms. The van der Waals surface area contributed by atoms with Crippen LogP contribution < -0.4 is 0 Å². The van der Waals surface area contributed by atoms with Crippen molar-refractivity contribution in [2.45, 2.75) is 25.3 Å². The highest BCUT2D eigenvalue weighted by Crippen LogP contribution is 2.58. The van der Waals surface area contributed by atoms with Gasteiger partial charge in [-0.15, -0.1) is 0 Å². The van der Waals surface area contributed by atoms with Crippen LogP contribution in [0.25, 0.3) is 0 Å². The lowest BCUT2D eigenvalue weighted by Gasteiger charge is -2.39. The Morgan fingerprint density at radius 1 is 1.44 bits per heavy atom. The predicted molar refractivity (Wildman–Crippen MR) is 72.5 cm³/mol. The van der Waals surface area contributed by atoms with Crippen molar-refractivity contribution in [2.75, 3.05) is 6.61 Å². The van der Waals surface area contributed by atoms with Crippen molar-refractivity contribution in [1.29, 1.82) is 0 Å². The summed E-state index contributed by atoms with van der Waals surface area (Å²) in [6, 6.07) is 7.80. The third-order valence-corrected chi connectivity index (χ3v) is 4.56. The van der Waals surface area contributed by atoms with Crippen LogP contribution in [0.15, 0.2) is 24.3 Å². The summed E-state index contributed by atoms with van der Waals surface area (Å²) in [7, 11) is -3.92. The zero-order chi connectivity index (χ0) is 13.4. The molecular weight excluding hydrogens is 319 g/mol. The molecule has 6 heteroatoms.